The molecule has 1 atom stereocenters. The van der Waals surface area contributed by atoms with Crippen molar-refractivity contribution in [2.45, 2.75) is 25.8 Å². The third kappa shape index (κ3) is 4.28. The Bertz CT molecular complexity index is 720. The Kier molecular flexibility index (Phi) is 5.74. The smallest absolute Gasteiger partial charge is 0.257 e. The van der Waals surface area contributed by atoms with E-state index in [1.807, 2.05) is 30.3 Å². The van der Waals surface area contributed by atoms with Crippen LogP contribution in [0.2, 0.25) is 0 Å². The summed E-state index contributed by atoms with van der Waals surface area (Å²) in [6.45, 7) is 5.12. The number of nitrogens with zero attached hydrogens (tertiary/aromatic N) is 1. The largest absolute Gasteiger partial charge is 0.484 e. The molecular formula is C19H23BrN2O2. The lowest BCUT2D eigenvalue weighted by atomic mass is 10.1. The summed E-state index contributed by atoms with van der Waals surface area (Å²) in [6, 6.07) is 12.4. The lowest BCUT2D eigenvalue weighted by molar-refractivity contribution is -0.123. The summed E-state index contributed by atoms with van der Waals surface area (Å²) < 4.78 is 6.69. The van der Waals surface area contributed by atoms with Gasteiger partial charge in [0.15, 0.2) is 6.61 Å². The molecule has 0 aromatic heterocycles. The third-order valence-corrected chi connectivity index (χ3v) is 5.08. The zero-order chi connectivity index (χ0) is 16.9. The van der Waals surface area contributed by atoms with Gasteiger partial charge in [0.05, 0.1) is 0 Å². The van der Waals surface area contributed by atoms with E-state index in [0.717, 1.165) is 40.5 Å². The molecule has 1 fully saturated rings. The summed E-state index contributed by atoms with van der Waals surface area (Å²) in [5.41, 5.74) is 0. The minimum Gasteiger partial charge on any atom is -0.484 e. The van der Waals surface area contributed by atoms with Gasteiger partial charge in [0, 0.05) is 17.1 Å². The number of hydrogen-bond donors (Lipinski definition) is 1. The molecule has 1 saturated heterocycles. The van der Waals surface area contributed by atoms with Gasteiger partial charge in [0.25, 0.3) is 5.91 Å². The van der Waals surface area contributed by atoms with E-state index in [4.69, 9.17) is 4.74 Å². The van der Waals surface area contributed by atoms with Gasteiger partial charge in [-0.25, -0.2) is 0 Å². The number of likely N-dealkylation sites (N-methyl/N-ethyl adjacent to an activating group) is 1. The van der Waals surface area contributed by atoms with Crippen LogP contribution < -0.4 is 10.1 Å². The Labute approximate surface area is 151 Å². The minimum absolute atomic E-state index is 0.0564. The van der Waals surface area contributed by atoms with E-state index >= 15 is 0 Å². The molecule has 1 aliphatic heterocycles. The van der Waals surface area contributed by atoms with Crippen LogP contribution in [0.3, 0.4) is 0 Å². The van der Waals surface area contributed by atoms with Gasteiger partial charge >= 0.3 is 0 Å². The number of amides is 1. The molecule has 5 heteroatoms. The molecule has 2 aromatic carbocycles. The molecule has 0 bridgehead atoms. The SMILES string of the molecule is CCN1CCCC1CNC(=O)COc1ccc2cc(Br)ccc2c1. The van der Waals surface area contributed by atoms with Crippen molar-refractivity contribution in [1.29, 1.82) is 0 Å². The van der Waals surface area contributed by atoms with Gasteiger partial charge in [-0.2, -0.15) is 0 Å². The van der Waals surface area contributed by atoms with Crippen LogP contribution in [0.5, 0.6) is 5.75 Å². The van der Waals surface area contributed by atoms with Crippen LogP contribution in [0, 0.1) is 0 Å². The molecule has 1 unspecified atom stereocenters. The number of ether oxygens (including phenoxy) is 1. The van der Waals surface area contributed by atoms with E-state index < -0.39 is 0 Å². The number of carbonyl (C=O) groups excluding carboxylic acids is 1. The van der Waals surface area contributed by atoms with E-state index in [1.54, 1.807) is 0 Å². The topological polar surface area (TPSA) is 41.6 Å². The van der Waals surface area contributed by atoms with E-state index in [-0.39, 0.29) is 12.5 Å². The summed E-state index contributed by atoms with van der Waals surface area (Å²) >= 11 is 3.47. The monoisotopic (exact) mass is 390 g/mol. The van der Waals surface area contributed by atoms with Crippen LogP contribution in [-0.2, 0) is 4.79 Å². The maximum atomic E-state index is 12.0. The van der Waals surface area contributed by atoms with Crippen molar-refractivity contribution < 1.29 is 9.53 Å². The van der Waals surface area contributed by atoms with Crippen LogP contribution in [0.1, 0.15) is 19.8 Å². The molecule has 1 heterocycles. The summed E-state index contributed by atoms with van der Waals surface area (Å²) in [5, 5.41) is 5.23. The highest BCUT2D eigenvalue weighted by atomic mass is 79.9. The lowest BCUT2D eigenvalue weighted by Crippen LogP contribution is -2.41. The number of hydrogen-bond acceptors (Lipinski definition) is 3. The number of fused-ring (bicyclic) bond motifs is 1. The zero-order valence-electron chi connectivity index (χ0n) is 13.9. The maximum Gasteiger partial charge on any atom is 0.257 e. The fourth-order valence-electron chi connectivity index (χ4n) is 3.26. The maximum absolute atomic E-state index is 12.0. The van der Waals surface area contributed by atoms with E-state index in [2.05, 4.69) is 39.1 Å². The summed E-state index contributed by atoms with van der Waals surface area (Å²) in [4.78, 5) is 14.4. The molecule has 1 N–H and O–H groups in total. The Morgan fingerprint density at radius 2 is 2.08 bits per heavy atom. The van der Waals surface area contributed by atoms with Gasteiger partial charge in [0.2, 0.25) is 0 Å². The van der Waals surface area contributed by atoms with Gasteiger partial charge in [0.1, 0.15) is 5.75 Å². The normalized spacial score (nSPS) is 18.0. The first kappa shape index (κ1) is 17.2. The van der Waals surface area contributed by atoms with Crippen LogP contribution in [0.15, 0.2) is 40.9 Å². The summed E-state index contributed by atoms with van der Waals surface area (Å²) in [6.07, 6.45) is 2.38. The highest BCUT2D eigenvalue weighted by molar-refractivity contribution is 9.10. The first-order valence-electron chi connectivity index (χ1n) is 8.48. The molecule has 1 amide bonds. The van der Waals surface area contributed by atoms with Crippen molar-refractivity contribution in [2.75, 3.05) is 26.2 Å². The van der Waals surface area contributed by atoms with Crippen LogP contribution >= 0.6 is 15.9 Å². The van der Waals surface area contributed by atoms with Gasteiger partial charge in [-0.15, -0.1) is 0 Å². The Morgan fingerprint density at radius 3 is 2.92 bits per heavy atom. The fraction of sp³-hybridized carbons (Fsp3) is 0.421. The molecule has 128 valence electrons. The standard InChI is InChI=1S/C19H23BrN2O2/c1-2-22-9-3-4-17(22)12-21-19(23)13-24-18-8-6-14-10-16(20)7-5-15(14)11-18/h5-8,10-11,17H,2-4,9,12-13H2,1H3,(H,21,23). The second-order valence-corrected chi connectivity index (χ2v) is 7.09. The van der Waals surface area contributed by atoms with Gasteiger partial charge in [-0.1, -0.05) is 35.0 Å². The molecule has 24 heavy (non-hydrogen) atoms. The molecule has 0 aliphatic carbocycles. The Hall–Kier alpha value is -1.59. The number of carbonyl (C=O) groups is 1. The fourth-order valence-corrected chi connectivity index (χ4v) is 3.64. The predicted octanol–water partition coefficient (Wildman–Crippen LogP) is 3.58. The van der Waals surface area contributed by atoms with Crippen LogP contribution in [-0.4, -0.2) is 43.1 Å². The molecule has 1 aliphatic rings. The average Bonchev–Trinajstić information content (AvgIpc) is 3.05. The average molecular weight is 391 g/mol. The second kappa shape index (κ2) is 7.99. The molecule has 3 rings (SSSR count). The van der Waals surface area contributed by atoms with E-state index in [0.29, 0.717) is 12.6 Å². The van der Waals surface area contributed by atoms with E-state index in [9.17, 15) is 4.79 Å². The lowest BCUT2D eigenvalue weighted by Gasteiger charge is -2.22. The summed E-state index contributed by atoms with van der Waals surface area (Å²) in [5.74, 6) is 0.657. The zero-order valence-corrected chi connectivity index (χ0v) is 15.5. The number of rotatable bonds is 6. The predicted molar refractivity (Wildman–Crippen MR) is 100 cm³/mol. The van der Waals surface area contributed by atoms with Crippen molar-refractivity contribution in [3.05, 3.63) is 40.9 Å². The van der Waals surface area contributed by atoms with E-state index in [1.165, 1.54) is 6.42 Å². The third-order valence-electron chi connectivity index (χ3n) is 4.58. The number of nitrogens with one attached hydrogen (secondary N) is 1. The molecule has 4 nitrogen and oxygen atoms in total. The van der Waals surface area contributed by atoms with Gasteiger partial charge in [-0.05, 0) is 61.0 Å². The summed E-state index contributed by atoms with van der Waals surface area (Å²) in [7, 11) is 0. The molecule has 2 aromatic rings. The first-order chi connectivity index (χ1) is 11.7. The highest BCUT2D eigenvalue weighted by Crippen LogP contribution is 2.24. The number of likely N-dealkylation sites (tertiary alicyclic amines) is 1. The highest BCUT2D eigenvalue weighted by Gasteiger charge is 2.23. The minimum atomic E-state index is -0.0612. The number of halogens is 1. The Morgan fingerprint density at radius 1 is 1.29 bits per heavy atom. The first-order valence-corrected chi connectivity index (χ1v) is 9.28. The number of benzene rings is 2. The second-order valence-electron chi connectivity index (χ2n) is 6.17. The molecule has 0 radical (unpaired) electrons. The molecular weight excluding hydrogens is 368 g/mol. The van der Waals surface area contributed by atoms with Crippen molar-refractivity contribution in [3.8, 4) is 5.75 Å². The van der Waals surface area contributed by atoms with Crippen molar-refractivity contribution in [3.63, 3.8) is 0 Å². The van der Waals surface area contributed by atoms with Gasteiger partial charge < -0.3 is 10.1 Å². The molecule has 0 saturated carbocycles. The van der Waals surface area contributed by atoms with Crippen molar-refractivity contribution >= 4 is 32.6 Å². The van der Waals surface area contributed by atoms with Crippen molar-refractivity contribution in [2.24, 2.45) is 0 Å². The van der Waals surface area contributed by atoms with Crippen LogP contribution in [0.4, 0.5) is 0 Å². The Balaban J connectivity index is 1.50. The molecule has 0 spiro atoms. The quantitative estimate of drug-likeness (QED) is 0.819. The van der Waals surface area contributed by atoms with Crippen molar-refractivity contribution in [1.82, 2.24) is 10.2 Å². The van der Waals surface area contributed by atoms with Crippen LogP contribution in [0.25, 0.3) is 10.8 Å². The van der Waals surface area contributed by atoms with Gasteiger partial charge in [-0.3, -0.25) is 9.69 Å².